The number of nitrogens with one attached hydrogen (secondary N) is 2. The van der Waals surface area contributed by atoms with Gasteiger partial charge in [0.2, 0.25) is 0 Å². The highest BCUT2D eigenvalue weighted by atomic mass is 16.5. The second-order valence-electron chi connectivity index (χ2n) is 7.01. The van der Waals surface area contributed by atoms with Gasteiger partial charge in [-0.15, -0.1) is 0 Å². The Kier molecular flexibility index (Phi) is 5.01. The van der Waals surface area contributed by atoms with Crippen LogP contribution < -0.4 is 10.1 Å². The Balaban J connectivity index is 1.34. The van der Waals surface area contributed by atoms with E-state index in [0.717, 1.165) is 46.9 Å². The second kappa shape index (κ2) is 7.75. The summed E-state index contributed by atoms with van der Waals surface area (Å²) in [5, 5.41) is 14.1. The first-order valence-electron chi connectivity index (χ1n) is 9.25. The molecular formula is C20H23N5O3. The average Bonchev–Trinajstić information content (AvgIpc) is 3.28. The normalized spacial score (nSPS) is 13.4. The number of carbonyl (C=O) groups is 1. The third-order valence-corrected chi connectivity index (χ3v) is 4.83. The van der Waals surface area contributed by atoms with Gasteiger partial charge in [-0.3, -0.25) is 5.10 Å². The second-order valence-corrected chi connectivity index (χ2v) is 7.01. The molecule has 2 heterocycles. The van der Waals surface area contributed by atoms with E-state index in [1.54, 1.807) is 25.3 Å². The molecular weight excluding hydrogens is 358 g/mol. The first kappa shape index (κ1) is 18.1. The monoisotopic (exact) mass is 381 g/mol. The van der Waals surface area contributed by atoms with Gasteiger partial charge >= 0.3 is 6.03 Å². The molecule has 0 atom stereocenters. The molecule has 8 nitrogen and oxygen atoms in total. The van der Waals surface area contributed by atoms with E-state index < -0.39 is 0 Å². The van der Waals surface area contributed by atoms with Crippen molar-refractivity contribution in [3.05, 3.63) is 53.5 Å². The molecule has 2 N–H and O–H groups in total. The molecule has 2 aromatic heterocycles. The van der Waals surface area contributed by atoms with Gasteiger partial charge in [0.15, 0.2) is 0 Å². The lowest BCUT2D eigenvalue weighted by atomic mass is 10.1. The highest BCUT2D eigenvalue weighted by molar-refractivity contribution is 5.74. The van der Waals surface area contributed by atoms with Crippen LogP contribution in [-0.2, 0) is 13.1 Å². The van der Waals surface area contributed by atoms with Crippen LogP contribution in [0.1, 0.15) is 35.8 Å². The quantitative estimate of drug-likeness (QED) is 0.655. The number of aromatic nitrogens is 3. The van der Waals surface area contributed by atoms with Crippen LogP contribution in [0, 0.1) is 0 Å². The number of amides is 2. The lowest BCUT2D eigenvalue weighted by molar-refractivity contribution is 0.205. The summed E-state index contributed by atoms with van der Waals surface area (Å²) in [7, 11) is 3.37. The van der Waals surface area contributed by atoms with Crippen LogP contribution >= 0.6 is 0 Å². The molecule has 28 heavy (non-hydrogen) atoms. The van der Waals surface area contributed by atoms with Crippen LogP contribution in [0.2, 0.25) is 0 Å². The van der Waals surface area contributed by atoms with Crippen molar-refractivity contribution in [2.24, 2.45) is 0 Å². The van der Waals surface area contributed by atoms with E-state index in [1.807, 2.05) is 30.3 Å². The zero-order valence-corrected chi connectivity index (χ0v) is 15.9. The van der Waals surface area contributed by atoms with Gasteiger partial charge in [-0.2, -0.15) is 5.10 Å². The van der Waals surface area contributed by atoms with E-state index in [9.17, 15) is 4.79 Å². The van der Waals surface area contributed by atoms with E-state index in [4.69, 9.17) is 9.26 Å². The van der Waals surface area contributed by atoms with Crippen molar-refractivity contribution in [3.8, 4) is 17.0 Å². The van der Waals surface area contributed by atoms with Crippen LogP contribution in [0.4, 0.5) is 4.79 Å². The zero-order valence-electron chi connectivity index (χ0n) is 15.9. The molecule has 1 aromatic carbocycles. The van der Waals surface area contributed by atoms with Crippen molar-refractivity contribution in [1.29, 1.82) is 0 Å². The number of methoxy groups -OCH3 is 1. The Hall–Kier alpha value is -3.29. The fourth-order valence-electron chi connectivity index (χ4n) is 3.04. The van der Waals surface area contributed by atoms with E-state index in [-0.39, 0.29) is 6.03 Å². The van der Waals surface area contributed by atoms with Gasteiger partial charge in [0, 0.05) is 36.7 Å². The number of rotatable bonds is 7. The Morgan fingerprint density at radius 1 is 1.36 bits per heavy atom. The predicted octanol–water partition coefficient (Wildman–Crippen LogP) is 3.29. The predicted molar refractivity (Wildman–Crippen MR) is 103 cm³/mol. The average molecular weight is 381 g/mol. The van der Waals surface area contributed by atoms with Gasteiger partial charge in [-0.05, 0) is 37.1 Å². The van der Waals surface area contributed by atoms with Crippen molar-refractivity contribution >= 4 is 6.03 Å². The van der Waals surface area contributed by atoms with Gasteiger partial charge in [0.1, 0.15) is 17.2 Å². The number of carbonyl (C=O) groups excluding carboxylic acids is 1. The molecule has 1 saturated carbocycles. The Morgan fingerprint density at radius 2 is 2.14 bits per heavy atom. The molecule has 0 aliphatic heterocycles. The largest absolute Gasteiger partial charge is 0.497 e. The number of benzene rings is 1. The van der Waals surface area contributed by atoms with Crippen molar-refractivity contribution in [1.82, 2.24) is 25.6 Å². The van der Waals surface area contributed by atoms with E-state index in [2.05, 4.69) is 20.7 Å². The molecule has 2 amide bonds. The van der Waals surface area contributed by atoms with E-state index >= 15 is 0 Å². The molecule has 0 spiro atoms. The molecule has 4 rings (SSSR count). The van der Waals surface area contributed by atoms with Gasteiger partial charge in [-0.25, -0.2) is 4.79 Å². The first-order valence-corrected chi connectivity index (χ1v) is 9.25. The molecule has 0 saturated heterocycles. The van der Waals surface area contributed by atoms with Gasteiger partial charge in [0.05, 0.1) is 25.5 Å². The summed E-state index contributed by atoms with van der Waals surface area (Å²) in [4.78, 5) is 14.0. The summed E-state index contributed by atoms with van der Waals surface area (Å²) < 4.78 is 10.5. The third-order valence-electron chi connectivity index (χ3n) is 4.83. The highest BCUT2D eigenvalue weighted by Crippen LogP contribution is 2.40. The van der Waals surface area contributed by atoms with Crippen LogP contribution in [0.3, 0.4) is 0 Å². The summed E-state index contributed by atoms with van der Waals surface area (Å²) >= 11 is 0. The van der Waals surface area contributed by atoms with Gasteiger partial charge < -0.3 is 19.5 Å². The Morgan fingerprint density at radius 3 is 2.86 bits per heavy atom. The number of hydrogen-bond donors (Lipinski definition) is 2. The number of urea groups is 1. The van der Waals surface area contributed by atoms with Gasteiger partial charge in [-0.1, -0.05) is 5.16 Å². The minimum atomic E-state index is -0.183. The van der Waals surface area contributed by atoms with E-state index in [1.165, 1.54) is 0 Å². The molecule has 1 fully saturated rings. The van der Waals surface area contributed by atoms with Crippen molar-refractivity contribution in [2.75, 3.05) is 14.2 Å². The molecule has 0 radical (unpaired) electrons. The summed E-state index contributed by atoms with van der Waals surface area (Å²) in [6.07, 6.45) is 4.04. The third kappa shape index (κ3) is 4.00. The molecule has 8 heteroatoms. The Bertz CT molecular complexity index is 943. The van der Waals surface area contributed by atoms with Gasteiger partial charge in [0.25, 0.3) is 0 Å². The summed E-state index contributed by atoms with van der Waals surface area (Å²) in [5.41, 5.74) is 3.52. The maximum atomic E-state index is 12.4. The summed E-state index contributed by atoms with van der Waals surface area (Å²) in [6.45, 7) is 0.770. The fourth-order valence-corrected chi connectivity index (χ4v) is 3.04. The van der Waals surface area contributed by atoms with Crippen molar-refractivity contribution < 1.29 is 14.1 Å². The SMILES string of the molecule is COc1ccc(-c2[nH]ncc2CNC(=O)N(C)Cc2cc(C3CC3)on2)cc1. The van der Waals surface area contributed by atoms with Crippen molar-refractivity contribution in [3.63, 3.8) is 0 Å². The van der Waals surface area contributed by atoms with Crippen LogP contribution in [-0.4, -0.2) is 40.4 Å². The first-order chi connectivity index (χ1) is 13.6. The lowest BCUT2D eigenvalue weighted by Gasteiger charge is -2.16. The zero-order chi connectivity index (χ0) is 19.5. The fraction of sp³-hybridized carbons (Fsp3) is 0.350. The molecule has 1 aliphatic carbocycles. The highest BCUT2D eigenvalue weighted by Gasteiger charge is 2.28. The number of ether oxygens (including phenoxy) is 1. The number of nitrogens with zero attached hydrogens (tertiary/aromatic N) is 3. The molecule has 0 bridgehead atoms. The summed E-state index contributed by atoms with van der Waals surface area (Å²) in [5.74, 6) is 2.22. The topological polar surface area (TPSA) is 96.3 Å². The lowest BCUT2D eigenvalue weighted by Crippen LogP contribution is -2.36. The van der Waals surface area contributed by atoms with Crippen LogP contribution in [0.25, 0.3) is 11.3 Å². The molecule has 3 aromatic rings. The molecule has 0 unspecified atom stereocenters. The Labute approximate surface area is 162 Å². The maximum Gasteiger partial charge on any atom is 0.317 e. The standard InChI is InChI=1S/C20H23N5O3/c1-25(12-16-9-18(28-24-16)13-3-4-13)20(26)21-10-15-11-22-23-19(15)14-5-7-17(27-2)8-6-14/h5-9,11,13H,3-4,10,12H2,1-2H3,(H,21,26)(H,22,23). The minimum Gasteiger partial charge on any atom is -0.497 e. The molecule has 146 valence electrons. The number of H-pyrrole nitrogens is 1. The maximum absolute atomic E-state index is 12.4. The number of hydrogen-bond acceptors (Lipinski definition) is 5. The minimum absolute atomic E-state index is 0.183. The smallest absolute Gasteiger partial charge is 0.317 e. The summed E-state index contributed by atoms with van der Waals surface area (Å²) in [6, 6.07) is 9.44. The van der Waals surface area contributed by atoms with Crippen molar-refractivity contribution in [2.45, 2.75) is 31.8 Å². The van der Waals surface area contributed by atoms with E-state index in [0.29, 0.717) is 19.0 Å². The van der Waals surface area contributed by atoms with Crippen LogP contribution in [0.5, 0.6) is 5.75 Å². The molecule has 1 aliphatic rings. The number of aromatic amines is 1. The van der Waals surface area contributed by atoms with Crippen LogP contribution in [0.15, 0.2) is 41.1 Å².